The Morgan fingerprint density at radius 3 is 2.41 bits per heavy atom. The molecule has 2 N–H and O–H groups in total. The zero-order chi connectivity index (χ0) is 18.8. The minimum absolute atomic E-state index is 0.144. The van der Waals surface area contributed by atoms with Gasteiger partial charge in [-0.3, -0.25) is 0 Å². The number of fused-ring (bicyclic) bond motifs is 1. The summed E-state index contributed by atoms with van der Waals surface area (Å²) in [6.45, 7) is 6.73. The highest BCUT2D eigenvalue weighted by atomic mass is 16.7. The van der Waals surface area contributed by atoms with Gasteiger partial charge in [-0.25, -0.2) is 4.79 Å². The number of hydrogen-bond acceptors (Lipinski definition) is 5. The highest BCUT2D eigenvalue weighted by Crippen LogP contribution is 2.36. The van der Waals surface area contributed by atoms with E-state index in [-0.39, 0.29) is 18.9 Å². The lowest BCUT2D eigenvalue weighted by Gasteiger charge is -2.41. The van der Waals surface area contributed by atoms with Crippen LogP contribution in [0.2, 0.25) is 0 Å². The third-order valence-electron chi connectivity index (χ3n) is 6.04. The molecule has 2 amide bonds. The second-order valence-electron chi connectivity index (χ2n) is 7.96. The van der Waals surface area contributed by atoms with Gasteiger partial charge in [0.05, 0.1) is 0 Å². The zero-order valence-electron chi connectivity index (χ0n) is 16.3. The van der Waals surface area contributed by atoms with Crippen LogP contribution >= 0.6 is 0 Å². The molecule has 7 heteroatoms. The molecule has 0 aromatic heterocycles. The SMILES string of the molecule is Cc1cc2c(cc1NC(=O)NC1CCN(C3CCN(C)CC3)CC1)OCO2. The van der Waals surface area contributed by atoms with Crippen LogP contribution in [0.4, 0.5) is 10.5 Å². The van der Waals surface area contributed by atoms with Gasteiger partial charge in [0.2, 0.25) is 6.79 Å². The lowest BCUT2D eigenvalue weighted by Crippen LogP contribution is -2.51. The van der Waals surface area contributed by atoms with Crippen molar-refractivity contribution in [2.24, 2.45) is 0 Å². The normalized spacial score (nSPS) is 22.0. The van der Waals surface area contributed by atoms with Gasteiger partial charge < -0.3 is 29.9 Å². The molecular formula is C20H30N4O3. The Morgan fingerprint density at radius 2 is 1.70 bits per heavy atom. The van der Waals surface area contributed by atoms with Crippen molar-refractivity contribution in [3.05, 3.63) is 17.7 Å². The molecule has 27 heavy (non-hydrogen) atoms. The van der Waals surface area contributed by atoms with Crippen LogP contribution in [0.1, 0.15) is 31.2 Å². The number of amides is 2. The van der Waals surface area contributed by atoms with Gasteiger partial charge >= 0.3 is 6.03 Å². The van der Waals surface area contributed by atoms with Crippen molar-refractivity contribution >= 4 is 11.7 Å². The summed E-state index contributed by atoms with van der Waals surface area (Å²) in [6.07, 6.45) is 4.55. The number of rotatable bonds is 3. The summed E-state index contributed by atoms with van der Waals surface area (Å²) in [7, 11) is 2.20. The monoisotopic (exact) mass is 374 g/mol. The molecule has 0 atom stereocenters. The maximum Gasteiger partial charge on any atom is 0.319 e. The van der Waals surface area contributed by atoms with Gasteiger partial charge in [-0.15, -0.1) is 0 Å². The number of benzene rings is 1. The fraction of sp³-hybridized carbons (Fsp3) is 0.650. The smallest absolute Gasteiger partial charge is 0.319 e. The summed E-state index contributed by atoms with van der Waals surface area (Å²) < 4.78 is 10.8. The van der Waals surface area contributed by atoms with E-state index < -0.39 is 0 Å². The summed E-state index contributed by atoms with van der Waals surface area (Å²) in [4.78, 5) is 17.5. The van der Waals surface area contributed by atoms with Crippen LogP contribution in [0, 0.1) is 6.92 Å². The molecule has 148 valence electrons. The Bertz CT molecular complexity index is 680. The summed E-state index contributed by atoms with van der Waals surface area (Å²) >= 11 is 0. The van der Waals surface area contributed by atoms with Crippen LogP contribution in [0.3, 0.4) is 0 Å². The first-order chi connectivity index (χ1) is 13.1. The van der Waals surface area contributed by atoms with E-state index in [0.29, 0.717) is 11.8 Å². The van der Waals surface area contributed by atoms with Gasteiger partial charge in [-0.1, -0.05) is 0 Å². The topological polar surface area (TPSA) is 66.1 Å². The third-order valence-corrected chi connectivity index (χ3v) is 6.04. The van der Waals surface area contributed by atoms with Crippen molar-refractivity contribution in [3.63, 3.8) is 0 Å². The molecule has 2 saturated heterocycles. The molecule has 7 nitrogen and oxygen atoms in total. The Balaban J connectivity index is 1.25. The number of aryl methyl sites for hydroxylation is 1. The van der Waals surface area contributed by atoms with Crippen molar-refractivity contribution in [1.29, 1.82) is 0 Å². The lowest BCUT2D eigenvalue weighted by atomic mass is 9.98. The number of urea groups is 1. The lowest BCUT2D eigenvalue weighted by molar-refractivity contribution is 0.0938. The minimum Gasteiger partial charge on any atom is -0.454 e. The molecule has 0 saturated carbocycles. The van der Waals surface area contributed by atoms with E-state index >= 15 is 0 Å². The second-order valence-corrected chi connectivity index (χ2v) is 7.96. The second kappa shape index (κ2) is 7.94. The Kier molecular flexibility index (Phi) is 5.41. The van der Waals surface area contributed by atoms with Crippen molar-refractivity contribution < 1.29 is 14.3 Å². The molecule has 2 fully saturated rings. The number of nitrogens with one attached hydrogen (secondary N) is 2. The molecule has 0 unspecified atom stereocenters. The van der Waals surface area contributed by atoms with Crippen LogP contribution in [0.25, 0.3) is 0 Å². The summed E-state index contributed by atoms with van der Waals surface area (Å²) in [5, 5.41) is 6.10. The van der Waals surface area contributed by atoms with Crippen molar-refractivity contribution in [1.82, 2.24) is 15.1 Å². The molecule has 3 heterocycles. The number of carbonyl (C=O) groups is 1. The maximum absolute atomic E-state index is 12.4. The van der Waals surface area contributed by atoms with Crippen LogP contribution in [0.5, 0.6) is 11.5 Å². The van der Waals surface area contributed by atoms with Crippen molar-refractivity contribution in [3.8, 4) is 11.5 Å². The average molecular weight is 374 g/mol. The van der Waals surface area contributed by atoms with E-state index in [0.717, 1.165) is 42.9 Å². The predicted molar refractivity (Wildman–Crippen MR) is 105 cm³/mol. The number of hydrogen-bond donors (Lipinski definition) is 2. The first kappa shape index (κ1) is 18.4. The van der Waals surface area contributed by atoms with Crippen LogP contribution < -0.4 is 20.1 Å². The molecule has 0 bridgehead atoms. The van der Waals surface area contributed by atoms with Gasteiger partial charge in [-0.05, 0) is 64.4 Å². The standard InChI is InChI=1S/C20H30N4O3/c1-14-11-18-19(27-13-26-18)12-17(14)22-20(25)21-15-3-9-24(10-4-15)16-5-7-23(2)8-6-16/h11-12,15-16H,3-10,13H2,1-2H3,(H2,21,22,25). The largest absolute Gasteiger partial charge is 0.454 e. The van der Waals surface area contributed by atoms with E-state index in [4.69, 9.17) is 9.47 Å². The number of piperidine rings is 2. The molecule has 3 aliphatic heterocycles. The van der Waals surface area contributed by atoms with Crippen LogP contribution in [-0.4, -0.2) is 67.9 Å². The number of carbonyl (C=O) groups excluding carboxylic acids is 1. The summed E-state index contributed by atoms with van der Waals surface area (Å²) in [5.74, 6) is 1.42. The molecule has 4 rings (SSSR count). The van der Waals surface area contributed by atoms with E-state index in [1.807, 2.05) is 19.1 Å². The first-order valence-corrected chi connectivity index (χ1v) is 9.99. The molecule has 1 aromatic rings. The van der Waals surface area contributed by atoms with Gasteiger partial charge in [0, 0.05) is 36.9 Å². The van der Waals surface area contributed by atoms with E-state index in [1.165, 1.54) is 25.9 Å². The maximum atomic E-state index is 12.4. The molecule has 0 aliphatic carbocycles. The first-order valence-electron chi connectivity index (χ1n) is 9.99. The quantitative estimate of drug-likeness (QED) is 0.851. The summed E-state index contributed by atoms with van der Waals surface area (Å²) in [6, 6.07) is 4.54. The van der Waals surface area contributed by atoms with Gasteiger partial charge in [0.25, 0.3) is 0 Å². The molecule has 1 aromatic carbocycles. The van der Waals surface area contributed by atoms with Gasteiger partial charge in [0.15, 0.2) is 11.5 Å². The number of anilines is 1. The number of likely N-dealkylation sites (tertiary alicyclic amines) is 2. The minimum atomic E-state index is -0.144. The van der Waals surface area contributed by atoms with Crippen LogP contribution in [-0.2, 0) is 0 Å². The summed E-state index contributed by atoms with van der Waals surface area (Å²) in [5.41, 5.74) is 1.73. The van der Waals surface area contributed by atoms with Gasteiger partial charge in [-0.2, -0.15) is 0 Å². The van der Waals surface area contributed by atoms with Crippen molar-refractivity contribution in [2.45, 2.75) is 44.7 Å². The zero-order valence-corrected chi connectivity index (χ0v) is 16.3. The van der Waals surface area contributed by atoms with E-state index in [1.54, 1.807) is 0 Å². The molecule has 0 radical (unpaired) electrons. The van der Waals surface area contributed by atoms with Gasteiger partial charge in [0.1, 0.15) is 0 Å². The Labute approximate surface area is 161 Å². The highest BCUT2D eigenvalue weighted by Gasteiger charge is 2.28. The molecule has 3 aliphatic rings. The van der Waals surface area contributed by atoms with E-state index in [2.05, 4.69) is 27.5 Å². The third kappa shape index (κ3) is 4.30. The average Bonchev–Trinajstić information content (AvgIpc) is 3.10. The Hall–Kier alpha value is -1.99. The van der Waals surface area contributed by atoms with Crippen molar-refractivity contribution in [2.75, 3.05) is 45.3 Å². The fourth-order valence-corrected chi connectivity index (χ4v) is 4.29. The fourth-order valence-electron chi connectivity index (χ4n) is 4.29. The van der Waals surface area contributed by atoms with E-state index in [9.17, 15) is 4.79 Å². The number of ether oxygens (including phenoxy) is 2. The Morgan fingerprint density at radius 1 is 1.04 bits per heavy atom. The number of nitrogens with zero attached hydrogens (tertiary/aromatic N) is 2. The molecule has 0 spiro atoms. The van der Waals surface area contributed by atoms with Crippen LogP contribution in [0.15, 0.2) is 12.1 Å². The highest BCUT2D eigenvalue weighted by molar-refractivity contribution is 5.90. The predicted octanol–water partition coefficient (Wildman–Crippen LogP) is 2.40. The molecular weight excluding hydrogens is 344 g/mol.